The minimum absolute atomic E-state index is 0.116. The van der Waals surface area contributed by atoms with Crippen molar-refractivity contribution in [3.8, 4) is 29.2 Å². The zero-order chi connectivity index (χ0) is 25.2. The van der Waals surface area contributed by atoms with E-state index in [0.717, 1.165) is 5.56 Å². The molecular formula is C24H26ClN7O3. The second kappa shape index (κ2) is 9.92. The summed E-state index contributed by atoms with van der Waals surface area (Å²) in [7, 11) is 0. The van der Waals surface area contributed by atoms with Crippen LogP contribution in [0.2, 0.25) is 5.02 Å². The smallest absolute Gasteiger partial charge is 0.217 e. The van der Waals surface area contributed by atoms with Crippen molar-refractivity contribution in [2.24, 2.45) is 5.73 Å². The van der Waals surface area contributed by atoms with Gasteiger partial charge >= 0.3 is 0 Å². The van der Waals surface area contributed by atoms with Crippen LogP contribution in [0.15, 0.2) is 35.0 Å². The molecule has 0 saturated heterocycles. The van der Waals surface area contributed by atoms with Crippen LogP contribution in [0, 0.1) is 11.8 Å². The van der Waals surface area contributed by atoms with E-state index in [1.807, 2.05) is 29.7 Å². The number of benzene rings is 1. The number of aliphatic hydroxyl groups is 1. The number of nitrogen functional groups attached to an aromatic ring is 1. The Morgan fingerprint density at radius 1 is 1.26 bits per heavy atom. The van der Waals surface area contributed by atoms with Gasteiger partial charge in [-0.1, -0.05) is 35.7 Å². The number of aromatic nitrogens is 5. The summed E-state index contributed by atoms with van der Waals surface area (Å²) >= 11 is 6.43. The van der Waals surface area contributed by atoms with Crippen LogP contribution < -0.4 is 16.2 Å². The van der Waals surface area contributed by atoms with Crippen molar-refractivity contribution in [2.75, 3.05) is 12.3 Å². The van der Waals surface area contributed by atoms with Crippen LogP contribution in [0.1, 0.15) is 44.6 Å². The molecule has 0 amide bonds. The Labute approximate surface area is 207 Å². The number of rotatable bonds is 7. The molecule has 0 aliphatic carbocycles. The fraction of sp³-hybridized carbons (Fsp3) is 0.333. The van der Waals surface area contributed by atoms with Crippen molar-refractivity contribution >= 4 is 28.5 Å². The minimum atomic E-state index is -1.23. The van der Waals surface area contributed by atoms with Crippen LogP contribution in [-0.4, -0.2) is 42.1 Å². The molecule has 11 heteroatoms. The summed E-state index contributed by atoms with van der Waals surface area (Å²) in [5.74, 6) is 6.62. The lowest BCUT2D eigenvalue weighted by molar-refractivity contribution is 0.143. The van der Waals surface area contributed by atoms with Gasteiger partial charge in [0.2, 0.25) is 5.88 Å². The lowest BCUT2D eigenvalue weighted by atomic mass is 10.1. The minimum Gasteiger partial charge on any atom is -0.469 e. The zero-order valence-electron chi connectivity index (χ0n) is 19.6. The number of anilines is 1. The van der Waals surface area contributed by atoms with E-state index in [1.165, 1.54) is 0 Å². The van der Waals surface area contributed by atoms with Gasteiger partial charge in [-0.05, 0) is 49.6 Å². The molecule has 0 fully saturated rings. The quantitative estimate of drug-likeness (QED) is 0.328. The standard InChI is InChI=1S/C24H26ClN7O3/c1-4-32-17-13-19(34-18(10-12-26)14-7-5-6-8-15(14)25)28-16(9-11-24(2,3)33)20(17)29-23(32)21-22(27)31-35-30-21/h5-8,13,18,33H,4,10,12,26H2,1-3H3,(H2,27,31). The Bertz CT molecular complexity index is 1410. The number of fused-ring (bicyclic) bond motifs is 1. The highest BCUT2D eigenvalue weighted by Crippen LogP contribution is 2.33. The molecule has 0 bridgehead atoms. The first-order valence-corrected chi connectivity index (χ1v) is 11.5. The number of nitrogens with zero attached hydrogens (tertiary/aromatic N) is 5. The first kappa shape index (κ1) is 24.5. The maximum Gasteiger partial charge on any atom is 0.217 e. The van der Waals surface area contributed by atoms with Crippen molar-refractivity contribution in [3.63, 3.8) is 0 Å². The molecule has 3 heterocycles. The fourth-order valence-electron chi connectivity index (χ4n) is 3.62. The first-order chi connectivity index (χ1) is 16.7. The van der Waals surface area contributed by atoms with Crippen LogP contribution in [0.4, 0.5) is 5.82 Å². The summed E-state index contributed by atoms with van der Waals surface area (Å²) in [6.45, 7) is 6.06. The number of ether oxygens (including phenoxy) is 1. The summed E-state index contributed by atoms with van der Waals surface area (Å²) in [5, 5.41) is 18.3. The van der Waals surface area contributed by atoms with Crippen molar-refractivity contribution in [3.05, 3.63) is 46.6 Å². The Balaban J connectivity index is 1.90. The summed E-state index contributed by atoms with van der Waals surface area (Å²) in [6, 6.07) is 9.21. The predicted octanol–water partition coefficient (Wildman–Crippen LogP) is 3.33. The number of hydrogen-bond donors (Lipinski definition) is 3. The van der Waals surface area contributed by atoms with E-state index in [-0.39, 0.29) is 5.82 Å². The van der Waals surface area contributed by atoms with Crippen molar-refractivity contribution in [1.82, 2.24) is 24.8 Å². The predicted molar refractivity (Wildman–Crippen MR) is 133 cm³/mol. The second-order valence-corrected chi connectivity index (χ2v) is 8.78. The molecule has 0 spiro atoms. The van der Waals surface area contributed by atoms with Gasteiger partial charge in [-0.15, -0.1) is 0 Å². The number of imidazole rings is 1. The Hall–Kier alpha value is -3.65. The Morgan fingerprint density at radius 3 is 2.66 bits per heavy atom. The molecule has 4 rings (SSSR count). The maximum atomic E-state index is 10.2. The lowest BCUT2D eigenvalue weighted by Gasteiger charge is -2.20. The number of halogens is 1. The first-order valence-electron chi connectivity index (χ1n) is 11.1. The van der Waals surface area contributed by atoms with E-state index >= 15 is 0 Å². The highest BCUT2D eigenvalue weighted by molar-refractivity contribution is 6.31. The van der Waals surface area contributed by atoms with Gasteiger partial charge in [0, 0.05) is 29.6 Å². The van der Waals surface area contributed by atoms with Crippen molar-refractivity contribution < 1.29 is 14.5 Å². The van der Waals surface area contributed by atoms with Crippen LogP contribution in [0.5, 0.6) is 5.88 Å². The number of aryl methyl sites for hydroxylation is 1. The van der Waals surface area contributed by atoms with E-state index in [9.17, 15) is 5.11 Å². The van der Waals surface area contributed by atoms with Gasteiger partial charge in [0.25, 0.3) is 0 Å². The van der Waals surface area contributed by atoms with Gasteiger partial charge < -0.3 is 25.9 Å². The molecule has 1 aromatic carbocycles. The van der Waals surface area contributed by atoms with Gasteiger partial charge in [0.05, 0.1) is 5.52 Å². The number of hydrogen-bond acceptors (Lipinski definition) is 9. The molecular weight excluding hydrogens is 470 g/mol. The van der Waals surface area contributed by atoms with E-state index in [0.29, 0.717) is 58.7 Å². The molecule has 0 radical (unpaired) electrons. The summed E-state index contributed by atoms with van der Waals surface area (Å²) in [5.41, 5.74) is 13.2. The van der Waals surface area contributed by atoms with Gasteiger partial charge in [-0.2, -0.15) is 0 Å². The van der Waals surface area contributed by atoms with Crippen LogP contribution in [0.3, 0.4) is 0 Å². The summed E-state index contributed by atoms with van der Waals surface area (Å²) in [6.07, 6.45) is 0.0923. The normalized spacial score (nSPS) is 12.4. The topological polar surface area (TPSA) is 151 Å². The van der Waals surface area contributed by atoms with E-state index in [1.54, 1.807) is 26.0 Å². The van der Waals surface area contributed by atoms with Crippen molar-refractivity contribution in [1.29, 1.82) is 0 Å². The number of nitrogens with two attached hydrogens (primary N) is 2. The maximum absolute atomic E-state index is 10.2. The van der Waals surface area contributed by atoms with Crippen LogP contribution >= 0.6 is 11.6 Å². The van der Waals surface area contributed by atoms with E-state index < -0.39 is 11.7 Å². The highest BCUT2D eigenvalue weighted by atomic mass is 35.5. The van der Waals surface area contributed by atoms with E-state index in [4.69, 9.17) is 37.4 Å². The third-order valence-electron chi connectivity index (χ3n) is 5.19. The molecule has 5 N–H and O–H groups in total. The zero-order valence-corrected chi connectivity index (χ0v) is 20.4. The molecule has 182 valence electrons. The molecule has 0 saturated carbocycles. The fourth-order valence-corrected chi connectivity index (χ4v) is 3.88. The Kier molecular flexibility index (Phi) is 6.93. The third-order valence-corrected chi connectivity index (χ3v) is 5.53. The molecule has 35 heavy (non-hydrogen) atoms. The van der Waals surface area contributed by atoms with Gasteiger partial charge in [0.15, 0.2) is 17.3 Å². The number of pyridine rings is 1. The SMILES string of the molecule is CCn1c(-c2nonc2N)nc2c(C#CC(C)(C)O)nc(OC(CCN)c3ccccc3Cl)cc21. The van der Waals surface area contributed by atoms with Gasteiger partial charge in [-0.25, -0.2) is 14.6 Å². The van der Waals surface area contributed by atoms with Gasteiger partial charge in [0.1, 0.15) is 22.9 Å². The third kappa shape index (κ3) is 5.22. The second-order valence-electron chi connectivity index (χ2n) is 8.37. The van der Waals surface area contributed by atoms with Crippen molar-refractivity contribution in [2.45, 2.75) is 45.4 Å². The molecule has 4 aromatic rings. The summed E-state index contributed by atoms with van der Waals surface area (Å²) in [4.78, 5) is 9.31. The molecule has 0 aliphatic heterocycles. The monoisotopic (exact) mass is 495 g/mol. The summed E-state index contributed by atoms with van der Waals surface area (Å²) < 4.78 is 13.0. The molecule has 1 atom stereocenters. The Morgan fingerprint density at radius 2 is 2.03 bits per heavy atom. The lowest BCUT2D eigenvalue weighted by Crippen LogP contribution is -2.15. The highest BCUT2D eigenvalue weighted by Gasteiger charge is 2.23. The largest absolute Gasteiger partial charge is 0.469 e. The van der Waals surface area contributed by atoms with Crippen LogP contribution in [-0.2, 0) is 6.54 Å². The molecule has 10 nitrogen and oxygen atoms in total. The van der Waals surface area contributed by atoms with Crippen LogP contribution in [0.25, 0.3) is 22.6 Å². The molecule has 3 aromatic heterocycles. The van der Waals surface area contributed by atoms with E-state index in [2.05, 4.69) is 27.1 Å². The molecule has 1 unspecified atom stereocenters. The average Bonchev–Trinajstić information content (AvgIpc) is 3.39. The van der Waals surface area contributed by atoms with Gasteiger partial charge in [-0.3, -0.25) is 0 Å². The molecule has 0 aliphatic rings. The average molecular weight is 496 g/mol.